The number of amides is 1. The molecule has 4 nitrogen and oxygen atoms in total. The number of rotatable bonds is 4. The number of alkyl halides is 6. The molecule has 31 heavy (non-hydrogen) atoms. The van der Waals surface area contributed by atoms with Gasteiger partial charge in [0.25, 0.3) is 5.91 Å². The fourth-order valence-corrected chi connectivity index (χ4v) is 3.17. The molecule has 2 heterocycles. The molecule has 0 aliphatic rings. The van der Waals surface area contributed by atoms with Gasteiger partial charge in [-0.05, 0) is 35.9 Å². The Morgan fingerprint density at radius 2 is 1.71 bits per heavy atom. The number of nitrogens with zero attached hydrogens (tertiary/aromatic N) is 2. The van der Waals surface area contributed by atoms with Crippen LogP contribution in [-0.4, -0.2) is 15.5 Å². The van der Waals surface area contributed by atoms with E-state index in [1.165, 1.54) is 29.0 Å². The molecule has 0 atom stereocenters. The molecule has 0 bridgehead atoms. The Balaban J connectivity index is 1.81. The third-order valence-corrected chi connectivity index (χ3v) is 4.76. The van der Waals surface area contributed by atoms with Crippen LogP contribution >= 0.6 is 23.2 Å². The topological polar surface area (TPSA) is 46.9 Å². The fourth-order valence-electron chi connectivity index (χ4n) is 2.69. The average molecular weight is 482 g/mol. The minimum atomic E-state index is -4.66. The maximum absolute atomic E-state index is 13.0. The zero-order valence-corrected chi connectivity index (χ0v) is 16.7. The van der Waals surface area contributed by atoms with E-state index < -0.39 is 34.4 Å². The van der Waals surface area contributed by atoms with Crippen molar-refractivity contribution < 1.29 is 31.1 Å². The molecule has 0 saturated heterocycles. The quantitative estimate of drug-likeness (QED) is 0.454. The minimum Gasteiger partial charge on any atom is -0.347 e. The summed E-state index contributed by atoms with van der Waals surface area (Å²) in [5.41, 5.74) is -1.97. The van der Waals surface area contributed by atoms with Crippen molar-refractivity contribution in [2.75, 3.05) is 0 Å². The second-order valence-corrected chi connectivity index (χ2v) is 7.10. The summed E-state index contributed by atoms with van der Waals surface area (Å²) in [7, 11) is 0. The fraction of sp³-hybridized carbons (Fsp3) is 0.158. The van der Waals surface area contributed by atoms with Gasteiger partial charge in [-0.3, -0.25) is 9.36 Å². The van der Waals surface area contributed by atoms with Crippen LogP contribution in [0.5, 0.6) is 0 Å². The predicted molar refractivity (Wildman–Crippen MR) is 101 cm³/mol. The number of hydrogen-bond donors (Lipinski definition) is 1. The van der Waals surface area contributed by atoms with Crippen LogP contribution in [0, 0.1) is 0 Å². The Morgan fingerprint density at radius 3 is 2.32 bits per heavy atom. The van der Waals surface area contributed by atoms with Crippen LogP contribution in [0.4, 0.5) is 26.3 Å². The molecule has 12 heteroatoms. The van der Waals surface area contributed by atoms with Crippen LogP contribution < -0.4 is 5.32 Å². The Bertz CT molecular complexity index is 1120. The molecule has 2 aromatic heterocycles. The molecule has 0 spiro atoms. The van der Waals surface area contributed by atoms with Gasteiger partial charge in [-0.2, -0.15) is 26.3 Å². The molecular formula is C19H11Cl2F6N3O. The normalized spacial score (nSPS) is 12.1. The van der Waals surface area contributed by atoms with Crippen molar-refractivity contribution in [3.8, 4) is 5.82 Å². The lowest BCUT2D eigenvalue weighted by atomic mass is 10.1. The van der Waals surface area contributed by atoms with Gasteiger partial charge < -0.3 is 5.32 Å². The van der Waals surface area contributed by atoms with Crippen molar-refractivity contribution in [3.05, 3.63) is 81.2 Å². The van der Waals surface area contributed by atoms with E-state index in [4.69, 9.17) is 23.2 Å². The third-order valence-electron chi connectivity index (χ3n) is 4.15. The van der Waals surface area contributed by atoms with E-state index >= 15 is 0 Å². The SMILES string of the molecule is O=C(NCc1ccc(Cl)c(C(F)(F)F)c1)c1cccn1-c1ncc(C(F)(F)F)cc1Cl. The maximum Gasteiger partial charge on any atom is 0.417 e. The number of benzene rings is 1. The highest BCUT2D eigenvalue weighted by Crippen LogP contribution is 2.35. The standard InChI is InChI=1S/C19H11Cl2F6N3O/c20-13-4-3-10(6-12(13)19(25,26)27)8-29-17(31)15-2-1-5-30(15)16-14(21)7-11(9-28-16)18(22,23)24/h1-7,9H,8H2,(H,29,31). The van der Waals surface area contributed by atoms with E-state index in [2.05, 4.69) is 10.3 Å². The van der Waals surface area contributed by atoms with Crippen LogP contribution in [0.1, 0.15) is 27.2 Å². The molecule has 1 aromatic carbocycles. The average Bonchev–Trinajstić information content (AvgIpc) is 3.15. The second kappa shape index (κ2) is 8.43. The molecular weight excluding hydrogens is 471 g/mol. The van der Waals surface area contributed by atoms with E-state index in [9.17, 15) is 31.1 Å². The number of carbonyl (C=O) groups excluding carboxylic acids is 1. The van der Waals surface area contributed by atoms with Gasteiger partial charge in [-0.1, -0.05) is 29.3 Å². The maximum atomic E-state index is 13.0. The molecule has 0 aliphatic carbocycles. The number of pyridine rings is 1. The van der Waals surface area contributed by atoms with E-state index in [0.29, 0.717) is 12.3 Å². The largest absolute Gasteiger partial charge is 0.417 e. The first kappa shape index (κ1) is 23.0. The summed E-state index contributed by atoms with van der Waals surface area (Å²) in [4.78, 5) is 16.2. The lowest BCUT2D eigenvalue weighted by Gasteiger charge is -2.13. The zero-order valence-electron chi connectivity index (χ0n) is 15.2. The van der Waals surface area contributed by atoms with Gasteiger partial charge in [0.2, 0.25) is 0 Å². The third kappa shape index (κ3) is 5.13. The molecule has 0 radical (unpaired) electrons. The number of aromatic nitrogens is 2. The van der Waals surface area contributed by atoms with Crippen molar-refractivity contribution in [1.82, 2.24) is 14.9 Å². The predicted octanol–water partition coefficient (Wildman–Crippen LogP) is 6.15. The van der Waals surface area contributed by atoms with Crippen LogP contribution in [0.15, 0.2) is 48.8 Å². The van der Waals surface area contributed by atoms with Crippen molar-refractivity contribution in [3.63, 3.8) is 0 Å². The van der Waals surface area contributed by atoms with Crippen molar-refractivity contribution in [2.24, 2.45) is 0 Å². The van der Waals surface area contributed by atoms with Crippen LogP contribution in [0.25, 0.3) is 5.82 Å². The summed E-state index contributed by atoms with van der Waals surface area (Å²) in [6.07, 6.45) is -7.35. The molecule has 0 fully saturated rings. The van der Waals surface area contributed by atoms with E-state index in [-0.39, 0.29) is 28.6 Å². The zero-order chi connectivity index (χ0) is 23.0. The highest BCUT2D eigenvalue weighted by atomic mass is 35.5. The van der Waals surface area contributed by atoms with E-state index in [1.54, 1.807) is 0 Å². The van der Waals surface area contributed by atoms with Crippen molar-refractivity contribution in [2.45, 2.75) is 18.9 Å². The molecule has 164 valence electrons. The van der Waals surface area contributed by atoms with Crippen LogP contribution in [-0.2, 0) is 18.9 Å². The summed E-state index contributed by atoms with van der Waals surface area (Å²) in [6.45, 7) is -0.252. The van der Waals surface area contributed by atoms with Gasteiger partial charge in [0.05, 0.1) is 21.2 Å². The lowest BCUT2D eigenvalue weighted by molar-refractivity contribution is -0.138. The Hall–Kier alpha value is -2.72. The number of nitrogens with one attached hydrogen (secondary N) is 1. The molecule has 3 aromatic rings. The lowest BCUT2D eigenvalue weighted by Crippen LogP contribution is -2.25. The van der Waals surface area contributed by atoms with Crippen molar-refractivity contribution in [1.29, 1.82) is 0 Å². The summed E-state index contributed by atoms with van der Waals surface area (Å²) in [5, 5.41) is 1.63. The highest BCUT2D eigenvalue weighted by molar-refractivity contribution is 6.32. The summed E-state index contributed by atoms with van der Waals surface area (Å²) >= 11 is 11.5. The molecule has 0 aliphatic heterocycles. The number of halogens is 8. The summed E-state index contributed by atoms with van der Waals surface area (Å²) < 4.78 is 78.4. The van der Waals surface area contributed by atoms with Gasteiger partial charge in [-0.15, -0.1) is 0 Å². The number of carbonyl (C=O) groups is 1. The first-order valence-electron chi connectivity index (χ1n) is 8.42. The van der Waals surface area contributed by atoms with Gasteiger partial charge in [0.15, 0.2) is 5.82 Å². The Kier molecular flexibility index (Phi) is 6.24. The van der Waals surface area contributed by atoms with Crippen LogP contribution in [0.3, 0.4) is 0 Å². The summed E-state index contributed by atoms with van der Waals surface area (Å²) in [5.74, 6) is -0.818. The second-order valence-electron chi connectivity index (χ2n) is 6.29. The first-order valence-corrected chi connectivity index (χ1v) is 9.18. The van der Waals surface area contributed by atoms with E-state index in [0.717, 1.165) is 12.1 Å². The number of hydrogen-bond acceptors (Lipinski definition) is 2. The monoisotopic (exact) mass is 481 g/mol. The minimum absolute atomic E-state index is 0.0285. The van der Waals surface area contributed by atoms with E-state index in [1.807, 2.05) is 0 Å². The first-order chi connectivity index (χ1) is 14.4. The van der Waals surface area contributed by atoms with Gasteiger partial charge >= 0.3 is 12.4 Å². The van der Waals surface area contributed by atoms with Gasteiger partial charge in [0.1, 0.15) is 5.69 Å². The Labute approximate surface area is 181 Å². The van der Waals surface area contributed by atoms with Gasteiger partial charge in [0, 0.05) is 18.9 Å². The Morgan fingerprint density at radius 1 is 1.00 bits per heavy atom. The molecule has 0 saturated carbocycles. The highest BCUT2D eigenvalue weighted by Gasteiger charge is 2.33. The molecule has 0 unspecified atom stereocenters. The molecule has 1 N–H and O–H groups in total. The van der Waals surface area contributed by atoms with Gasteiger partial charge in [-0.25, -0.2) is 4.98 Å². The van der Waals surface area contributed by atoms with Crippen molar-refractivity contribution >= 4 is 29.1 Å². The smallest absolute Gasteiger partial charge is 0.347 e. The summed E-state index contributed by atoms with van der Waals surface area (Å²) in [6, 6.07) is 6.68. The van der Waals surface area contributed by atoms with Crippen LogP contribution in [0.2, 0.25) is 10.0 Å². The molecule has 1 amide bonds. The molecule has 3 rings (SSSR count).